The summed E-state index contributed by atoms with van der Waals surface area (Å²) in [4.78, 5) is 42.9. The van der Waals surface area contributed by atoms with Gasteiger partial charge in [0.25, 0.3) is 5.56 Å². The second kappa shape index (κ2) is 12.0. The van der Waals surface area contributed by atoms with Gasteiger partial charge in [-0.15, -0.1) is 0 Å². The van der Waals surface area contributed by atoms with Gasteiger partial charge in [0.1, 0.15) is 17.5 Å². The molecule has 0 unspecified atom stereocenters. The van der Waals surface area contributed by atoms with Crippen molar-refractivity contribution in [1.82, 2.24) is 4.57 Å². The molecule has 9 nitrogen and oxygen atoms in total. The first kappa shape index (κ1) is 28.3. The number of halogens is 1. The van der Waals surface area contributed by atoms with Crippen molar-refractivity contribution >= 4 is 45.3 Å². The Balaban J connectivity index is 1.88. The first-order chi connectivity index (χ1) is 18.6. The molecule has 0 bridgehead atoms. The number of carboxylic acid groups (broad SMARTS) is 1. The maximum Gasteiger partial charge on any atom is 0.341 e. The van der Waals surface area contributed by atoms with Crippen molar-refractivity contribution in [2.45, 2.75) is 39.8 Å². The molecule has 0 fully saturated rings. The average molecular weight is 616 g/mol. The highest BCUT2D eigenvalue weighted by Gasteiger charge is 2.35. The number of fused-ring (bicyclic) bond motifs is 1. The fraction of sp³-hybridized carbons (Fsp3) is 0.286. The molecule has 39 heavy (non-hydrogen) atoms. The van der Waals surface area contributed by atoms with Gasteiger partial charge in [0.15, 0.2) is 11.4 Å². The van der Waals surface area contributed by atoms with Crippen LogP contribution in [-0.4, -0.2) is 40.9 Å². The molecule has 204 valence electrons. The number of thiazole rings is 1. The Morgan fingerprint density at radius 3 is 2.62 bits per heavy atom. The van der Waals surface area contributed by atoms with Crippen LogP contribution in [0.2, 0.25) is 0 Å². The SMILES string of the molecule is CCOC(=O)C1=C(C)N=c2s/c(=C/c3ccc(OCC(=O)O)c(Br)c3)c(=O)n2[C@H]1c1ccccc1OC(C)C. The van der Waals surface area contributed by atoms with Crippen LogP contribution in [-0.2, 0) is 14.3 Å². The average Bonchev–Trinajstić information content (AvgIpc) is 3.17. The number of aromatic nitrogens is 1. The van der Waals surface area contributed by atoms with Gasteiger partial charge in [-0.05, 0) is 73.5 Å². The van der Waals surface area contributed by atoms with E-state index in [-0.39, 0.29) is 23.8 Å². The van der Waals surface area contributed by atoms with E-state index in [0.29, 0.717) is 42.1 Å². The quantitative estimate of drug-likeness (QED) is 0.364. The van der Waals surface area contributed by atoms with Gasteiger partial charge in [-0.2, -0.15) is 0 Å². The Kier molecular flexibility index (Phi) is 8.71. The van der Waals surface area contributed by atoms with Crippen molar-refractivity contribution in [3.8, 4) is 11.5 Å². The zero-order valence-corrected chi connectivity index (χ0v) is 24.2. The molecule has 0 aliphatic carbocycles. The molecular formula is C28H27BrN2O7S. The number of para-hydroxylation sites is 1. The standard InChI is InChI=1S/C28H27BrN2O7S/c1-5-36-27(35)24-16(4)30-28-31(25(24)18-8-6-7-9-20(18)38-15(2)3)26(34)22(39-28)13-17-10-11-21(19(29)12-17)37-14-23(32)33/h6-13,15,25H,5,14H2,1-4H3,(H,32,33)/b22-13+/t25-/m0/s1. The molecule has 0 saturated carbocycles. The predicted molar refractivity (Wildman–Crippen MR) is 150 cm³/mol. The highest BCUT2D eigenvalue weighted by molar-refractivity contribution is 9.10. The summed E-state index contributed by atoms with van der Waals surface area (Å²) in [6, 6.07) is 11.6. The number of ether oxygens (including phenoxy) is 3. The van der Waals surface area contributed by atoms with Gasteiger partial charge in [0.05, 0.1) is 33.0 Å². The number of carbonyl (C=O) groups is 2. The molecule has 2 heterocycles. The van der Waals surface area contributed by atoms with Crippen LogP contribution in [0.25, 0.3) is 6.08 Å². The molecule has 4 rings (SSSR count). The van der Waals surface area contributed by atoms with Crippen molar-refractivity contribution < 1.29 is 28.9 Å². The number of hydrogen-bond donors (Lipinski definition) is 1. The maximum atomic E-state index is 13.9. The number of benzene rings is 2. The first-order valence-electron chi connectivity index (χ1n) is 12.2. The Labute approximate surface area is 236 Å². The molecule has 0 amide bonds. The van der Waals surface area contributed by atoms with Crippen LogP contribution in [0, 0.1) is 0 Å². The van der Waals surface area contributed by atoms with Crippen molar-refractivity contribution in [2.24, 2.45) is 4.99 Å². The fourth-order valence-electron chi connectivity index (χ4n) is 4.17. The van der Waals surface area contributed by atoms with Gasteiger partial charge in [-0.25, -0.2) is 14.6 Å². The minimum Gasteiger partial charge on any atom is -0.491 e. The molecule has 1 aliphatic heterocycles. The third kappa shape index (κ3) is 6.15. The highest BCUT2D eigenvalue weighted by Crippen LogP contribution is 2.36. The van der Waals surface area contributed by atoms with Gasteiger partial charge in [-0.1, -0.05) is 35.6 Å². The van der Waals surface area contributed by atoms with E-state index in [9.17, 15) is 14.4 Å². The first-order valence-corrected chi connectivity index (χ1v) is 13.8. The molecule has 1 aliphatic rings. The van der Waals surface area contributed by atoms with E-state index in [1.165, 1.54) is 15.9 Å². The van der Waals surface area contributed by atoms with Crippen LogP contribution < -0.4 is 24.4 Å². The number of nitrogens with zero attached hydrogens (tertiary/aromatic N) is 2. The number of esters is 1. The smallest absolute Gasteiger partial charge is 0.341 e. The third-order valence-electron chi connectivity index (χ3n) is 5.70. The summed E-state index contributed by atoms with van der Waals surface area (Å²) < 4.78 is 19.2. The summed E-state index contributed by atoms with van der Waals surface area (Å²) in [6.07, 6.45) is 1.59. The number of allylic oxidation sites excluding steroid dienone is 1. The highest BCUT2D eigenvalue weighted by atomic mass is 79.9. The molecule has 11 heteroatoms. The Morgan fingerprint density at radius 2 is 1.95 bits per heavy atom. The molecule has 0 saturated heterocycles. The van der Waals surface area contributed by atoms with Crippen LogP contribution in [0.5, 0.6) is 11.5 Å². The van der Waals surface area contributed by atoms with E-state index in [0.717, 1.165) is 0 Å². The molecule has 1 aromatic heterocycles. The number of hydrogen-bond acceptors (Lipinski definition) is 8. The fourth-order valence-corrected chi connectivity index (χ4v) is 5.73. The number of aliphatic carboxylic acids is 1. The predicted octanol–water partition coefficient (Wildman–Crippen LogP) is 3.81. The van der Waals surface area contributed by atoms with Gasteiger partial charge < -0.3 is 19.3 Å². The molecular weight excluding hydrogens is 588 g/mol. The van der Waals surface area contributed by atoms with Gasteiger partial charge >= 0.3 is 11.9 Å². The van der Waals surface area contributed by atoms with E-state index in [1.807, 2.05) is 38.1 Å². The molecule has 0 radical (unpaired) electrons. The summed E-state index contributed by atoms with van der Waals surface area (Å²) >= 11 is 4.60. The van der Waals surface area contributed by atoms with Crippen LogP contribution in [0.1, 0.15) is 44.9 Å². The molecule has 3 aromatic rings. The van der Waals surface area contributed by atoms with E-state index in [1.54, 1.807) is 38.1 Å². The lowest BCUT2D eigenvalue weighted by Gasteiger charge is -2.26. The molecule has 2 aromatic carbocycles. The zero-order valence-electron chi connectivity index (χ0n) is 21.8. The van der Waals surface area contributed by atoms with Crippen molar-refractivity contribution in [3.05, 3.63) is 89.0 Å². The largest absolute Gasteiger partial charge is 0.491 e. The van der Waals surface area contributed by atoms with Gasteiger partial charge in [0.2, 0.25) is 0 Å². The Bertz CT molecular complexity index is 1640. The maximum absolute atomic E-state index is 13.9. The lowest BCUT2D eigenvalue weighted by atomic mass is 9.95. The second-order valence-corrected chi connectivity index (χ2v) is 10.7. The lowest BCUT2D eigenvalue weighted by Crippen LogP contribution is -2.40. The third-order valence-corrected chi connectivity index (χ3v) is 7.30. The summed E-state index contributed by atoms with van der Waals surface area (Å²) in [5.74, 6) is -0.699. The lowest BCUT2D eigenvalue weighted by molar-refractivity contribution is -0.140. The normalized spacial score (nSPS) is 15.1. The second-order valence-electron chi connectivity index (χ2n) is 8.88. The summed E-state index contributed by atoms with van der Waals surface area (Å²) in [7, 11) is 0. The van der Waals surface area contributed by atoms with E-state index >= 15 is 0 Å². The summed E-state index contributed by atoms with van der Waals surface area (Å²) in [5, 5.41) is 8.86. The monoisotopic (exact) mass is 614 g/mol. The van der Waals surface area contributed by atoms with Crippen molar-refractivity contribution in [2.75, 3.05) is 13.2 Å². The Morgan fingerprint density at radius 1 is 1.21 bits per heavy atom. The van der Waals surface area contributed by atoms with Crippen LogP contribution >= 0.6 is 27.3 Å². The minimum absolute atomic E-state index is 0.126. The number of carbonyl (C=O) groups excluding carboxylic acids is 1. The molecule has 1 N–H and O–H groups in total. The minimum atomic E-state index is -1.08. The molecule has 1 atom stereocenters. The topological polar surface area (TPSA) is 116 Å². The van der Waals surface area contributed by atoms with E-state index in [2.05, 4.69) is 20.9 Å². The summed E-state index contributed by atoms with van der Waals surface area (Å²) in [5.41, 5.74) is 1.77. The number of carboxylic acids is 1. The Hall–Kier alpha value is -3.70. The van der Waals surface area contributed by atoms with Gasteiger partial charge in [0, 0.05) is 5.56 Å². The van der Waals surface area contributed by atoms with Crippen molar-refractivity contribution in [3.63, 3.8) is 0 Å². The zero-order chi connectivity index (χ0) is 28.3. The number of rotatable bonds is 9. The van der Waals surface area contributed by atoms with E-state index < -0.39 is 24.6 Å². The van der Waals surface area contributed by atoms with Crippen molar-refractivity contribution in [1.29, 1.82) is 0 Å². The van der Waals surface area contributed by atoms with Crippen LogP contribution in [0.4, 0.5) is 0 Å². The van der Waals surface area contributed by atoms with Crippen LogP contribution in [0.15, 0.2) is 68.0 Å². The van der Waals surface area contributed by atoms with E-state index in [4.69, 9.17) is 19.3 Å². The van der Waals surface area contributed by atoms with Gasteiger partial charge in [-0.3, -0.25) is 9.36 Å². The molecule has 0 spiro atoms. The summed E-state index contributed by atoms with van der Waals surface area (Å²) in [6.45, 7) is 6.98. The van der Waals surface area contributed by atoms with Crippen LogP contribution in [0.3, 0.4) is 0 Å².